The highest BCUT2D eigenvalue weighted by Gasteiger charge is 2.26. The van der Waals surface area contributed by atoms with Crippen molar-refractivity contribution in [1.82, 2.24) is 0 Å². The maximum absolute atomic E-state index is 12.1. The summed E-state index contributed by atoms with van der Waals surface area (Å²) < 4.78 is 16.1. The summed E-state index contributed by atoms with van der Waals surface area (Å²) in [7, 11) is 1.56. The average molecular weight is 337 g/mol. The van der Waals surface area contributed by atoms with E-state index in [9.17, 15) is 4.79 Å². The van der Waals surface area contributed by atoms with Crippen molar-refractivity contribution in [3.8, 4) is 11.5 Å². The number of para-hydroxylation sites is 1. The number of carbonyl (C=O) groups excluding carboxylic acids is 1. The highest BCUT2D eigenvalue weighted by atomic mass is 16.6. The Morgan fingerprint density at radius 1 is 1.12 bits per heavy atom. The number of rotatable bonds is 6. The lowest BCUT2D eigenvalue weighted by atomic mass is 10.2. The molecule has 25 heavy (non-hydrogen) atoms. The SMILES string of the molecule is CCCOc1ccc(/C=C2\N=C(c3ccccc3OC)OC2=O)cc1. The Labute approximate surface area is 146 Å². The molecule has 0 N–H and O–H groups in total. The van der Waals surface area contributed by atoms with Crippen molar-refractivity contribution in [2.45, 2.75) is 13.3 Å². The molecule has 3 rings (SSSR count). The topological polar surface area (TPSA) is 57.1 Å². The molecule has 1 aliphatic rings. The summed E-state index contributed by atoms with van der Waals surface area (Å²) in [6.07, 6.45) is 2.65. The molecule has 128 valence electrons. The summed E-state index contributed by atoms with van der Waals surface area (Å²) >= 11 is 0. The summed E-state index contributed by atoms with van der Waals surface area (Å²) in [6, 6.07) is 14.8. The maximum atomic E-state index is 12.1. The predicted octanol–water partition coefficient (Wildman–Crippen LogP) is 3.83. The van der Waals surface area contributed by atoms with Crippen LogP contribution in [0.1, 0.15) is 24.5 Å². The molecule has 2 aromatic rings. The third-order valence-electron chi connectivity index (χ3n) is 3.61. The Bertz CT molecular complexity index is 822. The van der Waals surface area contributed by atoms with Crippen LogP contribution in [0, 0.1) is 0 Å². The van der Waals surface area contributed by atoms with Crippen LogP contribution in [0.5, 0.6) is 11.5 Å². The first-order chi connectivity index (χ1) is 12.2. The van der Waals surface area contributed by atoms with Gasteiger partial charge in [-0.2, -0.15) is 0 Å². The van der Waals surface area contributed by atoms with Gasteiger partial charge in [0.15, 0.2) is 5.70 Å². The van der Waals surface area contributed by atoms with Gasteiger partial charge in [-0.05, 0) is 42.3 Å². The second-order valence-corrected chi connectivity index (χ2v) is 5.45. The van der Waals surface area contributed by atoms with E-state index in [0.29, 0.717) is 17.9 Å². The zero-order valence-electron chi connectivity index (χ0n) is 14.2. The second kappa shape index (κ2) is 7.66. The fourth-order valence-electron chi connectivity index (χ4n) is 2.38. The standard InChI is InChI=1S/C20H19NO4/c1-3-12-24-15-10-8-14(9-11-15)13-17-20(22)25-19(21-17)16-6-4-5-7-18(16)23-2/h4-11,13H,3,12H2,1-2H3/b17-13-. The third-order valence-corrected chi connectivity index (χ3v) is 3.61. The number of esters is 1. The number of aliphatic imine (C=N–C) groups is 1. The number of nitrogens with zero attached hydrogens (tertiary/aromatic N) is 1. The number of hydrogen-bond donors (Lipinski definition) is 0. The molecule has 0 spiro atoms. The first-order valence-corrected chi connectivity index (χ1v) is 8.10. The van der Waals surface area contributed by atoms with Crippen LogP contribution in [0.15, 0.2) is 59.2 Å². The third kappa shape index (κ3) is 3.88. The Hall–Kier alpha value is -3.08. The van der Waals surface area contributed by atoms with Gasteiger partial charge < -0.3 is 14.2 Å². The van der Waals surface area contributed by atoms with E-state index in [4.69, 9.17) is 14.2 Å². The molecule has 0 aliphatic carbocycles. The Balaban J connectivity index is 1.83. The van der Waals surface area contributed by atoms with Crippen LogP contribution in [-0.4, -0.2) is 25.6 Å². The van der Waals surface area contributed by atoms with E-state index in [1.54, 1.807) is 25.3 Å². The van der Waals surface area contributed by atoms with Gasteiger partial charge in [0.2, 0.25) is 5.90 Å². The summed E-state index contributed by atoms with van der Waals surface area (Å²) in [4.78, 5) is 16.4. The van der Waals surface area contributed by atoms with Gasteiger partial charge in [0.1, 0.15) is 11.5 Å². The van der Waals surface area contributed by atoms with Gasteiger partial charge >= 0.3 is 5.97 Å². The van der Waals surface area contributed by atoms with Crippen molar-refractivity contribution >= 4 is 17.9 Å². The molecule has 0 saturated carbocycles. The number of carbonyl (C=O) groups is 1. The molecule has 5 nitrogen and oxygen atoms in total. The van der Waals surface area contributed by atoms with Gasteiger partial charge in [0.05, 0.1) is 19.3 Å². The minimum Gasteiger partial charge on any atom is -0.496 e. The minimum absolute atomic E-state index is 0.247. The zero-order valence-corrected chi connectivity index (χ0v) is 14.2. The molecule has 0 saturated heterocycles. The number of benzene rings is 2. The molecule has 0 amide bonds. The highest BCUT2D eigenvalue weighted by molar-refractivity contribution is 6.13. The smallest absolute Gasteiger partial charge is 0.363 e. The van der Waals surface area contributed by atoms with Crippen LogP contribution >= 0.6 is 0 Å². The molecular weight excluding hydrogens is 318 g/mol. The van der Waals surface area contributed by atoms with E-state index < -0.39 is 5.97 Å². The number of ether oxygens (including phenoxy) is 3. The second-order valence-electron chi connectivity index (χ2n) is 5.45. The lowest BCUT2D eigenvalue weighted by Crippen LogP contribution is -2.06. The number of hydrogen-bond acceptors (Lipinski definition) is 5. The van der Waals surface area contributed by atoms with Gasteiger partial charge in [0.25, 0.3) is 0 Å². The van der Waals surface area contributed by atoms with Gasteiger partial charge in [-0.15, -0.1) is 0 Å². The monoisotopic (exact) mass is 337 g/mol. The summed E-state index contributed by atoms with van der Waals surface area (Å²) in [5.74, 6) is 1.17. The normalized spacial score (nSPS) is 15.0. The van der Waals surface area contributed by atoms with Crippen LogP contribution in [0.4, 0.5) is 0 Å². The number of methoxy groups -OCH3 is 1. The molecular formula is C20H19NO4. The molecule has 1 aliphatic heterocycles. The Kier molecular flexibility index (Phi) is 5.14. The van der Waals surface area contributed by atoms with Crippen molar-refractivity contribution in [2.24, 2.45) is 4.99 Å². The van der Waals surface area contributed by atoms with Crippen LogP contribution in [0.25, 0.3) is 6.08 Å². The average Bonchev–Trinajstić information content (AvgIpc) is 3.01. The largest absolute Gasteiger partial charge is 0.496 e. The van der Waals surface area contributed by atoms with Crippen molar-refractivity contribution in [1.29, 1.82) is 0 Å². The van der Waals surface area contributed by atoms with Gasteiger partial charge in [-0.25, -0.2) is 9.79 Å². The summed E-state index contributed by atoms with van der Waals surface area (Å²) in [5, 5.41) is 0. The Morgan fingerprint density at radius 2 is 1.88 bits per heavy atom. The van der Waals surface area contributed by atoms with E-state index >= 15 is 0 Å². The van der Waals surface area contributed by atoms with Crippen LogP contribution < -0.4 is 9.47 Å². The molecule has 0 atom stereocenters. The molecule has 2 aromatic carbocycles. The lowest BCUT2D eigenvalue weighted by Gasteiger charge is -2.05. The zero-order chi connectivity index (χ0) is 17.6. The molecule has 0 unspecified atom stereocenters. The molecule has 0 aromatic heterocycles. The van der Waals surface area contributed by atoms with E-state index in [1.165, 1.54) is 0 Å². The lowest BCUT2D eigenvalue weighted by molar-refractivity contribution is -0.129. The van der Waals surface area contributed by atoms with Crippen molar-refractivity contribution < 1.29 is 19.0 Å². The highest BCUT2D eigenvalue weighted by Crippen LogP contribution is 2.25. The molecule has 0 bridgehead atoms. The minimum atomic E-state index is -0.479. The van der Waals surface area contributed by atoms with E-state index in [1.807, 2.05) is 36.4 Å². The molecule has 0 radical (unpaired) electrons. The first kappa shape index (κ1) is 16.8. The van der Waals surface area contributed by atoms with E-state index in [0.717, 1.165) is 17.7 Å². The summed E-state index contributed by atoms with van der Waals surface area (Å²) in [5.41, 5.74) is 1.74. The van der Waals surface area contributed by atoms with Crippen LogP contribution in [0.2, 0.25) is 0 Å². The van der Waals surface area contributed by atoms with Gasteiger partial charge in [-0.3, -0.25) is 0 Å². The van der Waals surface area contributed by atoms with Gasteiger partial charge in [-0.1, -0.05) is 31.2 Å². The van der Waals surface area contributed by atoms with Crippen molar-refractivity contribution in [3.05, 3.63) is 65.4 Å². The van der Waals surface area contributed by atoms with E-state index in [2.05, 4.69) is 11.9 Å². The maximum Gasteiger partial charge on any atom is 0.363 e. The Morgan fingerprint density at radius 3 is 2.60 bits per heavy atom. The van der Waals surface area contributed by atoms with E-state index in [-0.39, 0.29) is 11.6 Å². The van der Waals surface area contributed by atoms with Crippen molar-refractivity contribution in [2.75, 3.05) is 13.7 Å². The number of cyclic esters (lactones) is 1. The quantitative estimate of drug-likeness (QED) is 0.594. The fraction of sp³-hybridized carbons (Fsp3) is 0.200. The molecule has 5 heteroatoms. The van der Waals surface area contributed by atoms with Crippen LogP contribution in [0.3, 0.4) is 0 Å². The predicted molar refractivity (Wildman–Crippen MR) is 95.8 cm³/mol. The van der Waals surface area contributed by atoms with Gasteiger partial charge in [0, 0.05) is 0 Å². The first-order valence-electron chi connectivity index (χ1n) is 8.10. The molecule has 0 fully saturated rings. The van der Waals surface area contributed by atoms with Crippen molar-refractivity contribution in [3.63, 3.8) is 0 Å². The summed E-state index contributed by atoms with van der Waals surface area (Å²) in [6.45, 7) is 2.74. The molecule has 1 heterocycles. The fourth-order valence-corrected chi connectivity index (χ4v) is 2.38. The van der Waals surface area contributed by atoms with Crippen LogP contribution in [-0.2, 0) is 9.53 Å².